The molecule has 0 radical (unpaired) electrons. The van der Waals surface area contributed by atoms with E-state index in [4.69, 9.17) is 11.6 Å². The second-order valence-corrected chi connectivity index (χ2v) is 7.60. The van der Waals surface area contributed by atoms with Gasteiger partial charge in [-0.25, -0.2) is 0 Å². The van der Waals surface area contributed by atoms with Gasteiger partial charge >= 0.3 is 0 Å². The minimum absolute atomic E-state index is 0. The van der Waals surface area contributed by atoms with E-state index in [0.29, 0.717) is 17.3 Å². The molecule has 1 saturated carbocycles. The van der Waals surface area contributed by atoms with E-state index in [0.717, 1.165) is 21.7 Å². The third-order valence-electron chi connectivity index (χ3n) is 3.17. The van der Waals surface area contributed by atoms with Gasteiger partial charge in [-0.2, -0.15) is 0 Å². The maximum absolute atomic E-state index is 11.8. The molecule has 1 aliphatic rings. The summed E-state index contributed by atoms with van der Waals surface area (Å²) in [7, 11) is 0. The summed E-state index contributed by atoms with van der Waals surface area (Å²) >= 11 is 9.17. The van der Waals surface area contributed by atoms with Crippen LogP contribution in [0.4, 0.5) is 5.69 Å². The average Bonchev–Trinajstić information content (AvgIpc) is 3.16. The van der Waals surface area contributed by atoms with Crippen molar-refractivity contribution in [2.24, 2.45) is 5.92 Å². The number of anilines is 1. The molecule has 5 nitrogen and oxygen atoms in total. The maximum atomic E-state index is 11.8. The van der Waals surface area contributed by atoms with Crippen LogP contribution in [0.5, 0.6) is 0 Å². The molecular weight excluding hydrogens is 375 g/mol. The number of amides is 1. The van der Waals surface area contributed by atoms with Gasteiger partial charge in [-0.1, -0.05) is 34.7 Å². The highest BCUT2D eigenvalue weighted by atomic mass is 35.5. The fourth-order valence-corrected chi connectivity index (χ4v) is 3.61. The first-order valence-electron chi connectivity index (χ1n) is 6.95. The van der Waals surface area contributed by atoms with Crippen molar-refractivity contribution in [3.63, 3.8) is 0 Å². The largest absolute Gasteiger partial charge is 0.325 e. The minimum Gasteiger partial charge on any atom is -0.325 e. The molecule has 0 spiro atoms. The quantitative estimate of drug-likeness (QED) is 0.753. The van der Waals surface area contributed by atoms with Crippen molar-refractivity contribution in [3.8, 4) is 0 Å². The summed E-state index contributed by atoms with van der Waals surface area (Å²) in [5, 5.41) is 14.4. The Labute approximate surface area is 154 Å². The highest BCUT2D eigenvalue weighted by Crippen LogP contribution is 2.35. The van der Waals surface area contributed by atoms with Gasteiger partial charge in [-0.3, -0.25) is 4.79 Å². The van der Waals surface area contributed by atoms with Gasteiger partial charge in [0.15, 0.2) is 4.34 Å². The van der Waals surface area contributed by atoms with Crippen LogP contribution in [0, 0.1) is 5.92 Å². The molecule has 1 aromatic carbocycles. The van der Waals surface area contributed by atoms with Crippen LogP contribution in [0.1, 0.15) is 12.8 Å². The van der Waals surface area contributed by atoms with Gasteiger partial charge in [0.2, 0.25) is 5.91 Å². The second kappa shape index (κ2) is 8.84. The summed E-state index contributed by atoms with van der Waals surface area (Å²) < 4.78 is 0.836. The molecule has 2 aromatic rings. The molecular formula is C14H16Cl2N4OS2. The number of nitrogens with zero attached hydrogens (tertiary/aromatic N) is 2. The van der Waals surface area contributed by atoms with E-state index in [1.807, 2.05) is 12.1 Å². The number of carbonyl (C=O) groups excluding carboxylic acids is 1. The number of hydrogen-bond acceptors (Lipinski definition) is 6. The Morgan fingerprint density at radius 1 is 1.43 bits per heavy atom. The van der Waals surface area contributed by atoms with Crippen molar-refractivity contribution in [1.29, 1.82) is 0 Å². The first-order valence-corrected chi connectivity index (χ1v) is 9.02. The van der Waals surface area contributed by atoms with E-state index in [1.165, 1.54) is 35.9 Å². The molecule has 0 bridgehead atoms. The molecule has 9 heteroatoms. The number of aromatic nitrogens is 2. The number of nitrogens with one attached hydrogen (secondary N) is 2. The molecule has 1 fully saturated rings. The Morgan fingerprint density at radius 3 is 2.91 bits per heavy atom. The van der Waals surface area contributed by atoms with Gasteiger partial charge in [0.25, 0.3) is 0 Å². The van der Waals surface area contributed by atoms with Crippen molar-refractivity contribution in [3.05, 3.63) is 28.7 Å². The second-order valence-electron chi connectivity index (χ2n) is 5.07. The smallest absolute Gasteiger partial charge is 0.238 e. The zero-order valence-electron chi connectivity index (χ0n) is 12.1. The summed E-state index contributed by atoms with van der Waals surface area (Å²) in [5.74, 6) is 0.708. The Balaban J connectivity index is 0.00000192. The van der Waals surface area contributed by atoms with Crippen LogP contribution in [0.3, 0.4) is 0 Å². The molecule has 1 aromatic heterocycles. The molecule has 1 aliphatic carbocycles. The summed E-state index contributed by atoms with van der Waals surface area (Å²) in [6.45, 7) is 1.25. The molecule has 0 unspecified atom stereocenters. The lowest BCUT2D eigenvalue weighted by Crippen LogP contribution is -2.29. The Bertz CT molecular complexity index is 650. The van der Waals surface area contributed by atoms with Crippen molar-refractivity contribution in [1.82, 2.24) is 15.5 Å². The lowest BCUT2D eigenvalue weighted by Gasteiger charge is -2.08. The lowest BCUT2D eigenvalue weighted by atomic mass is 10.3. The monoisotopic (exact) mass is 390 g/mol. The zero-order chi connectivity index (χ0) is 15.4. The van der Waals surface area contributed by atoms with Crippen molar-refractivity contribution in [2.45, 2.75) is 22.1 Å². The maximum Gasteiger partial charge on any atom is 0.238 e. The van der Waals surface area contributed by atoms with E-state index >= 15 is 0 Å². The fraction of sp³-hybridized carbons (Fsp3) is 0.357. The van der Waals surface area contributed by atoms with Crippen molar-refractivity contribution < 1.29 is 4.79 Å². The van der Waals surface area contributed by atoms with Crippen molar-refractivity contribution >= 4 is 58.7 Å². The molecule has 23 heavy (non-hydrogen) atoms. The Kier molecular flexibility index (Phi) is 7.10. The van der Waals surface area contributed by atoms with Crippen LogP contribution >= 0.6 is 47.1 Å². The molecule has 2 N–H and O–H groups in total. The van der Waals surface area contributed by atoms with Crippen molar-refractivity contribution in [2.75, 3.05) is 18.4 Å². The summed E-state index contributed by atoms with van der Waals surface area (Å²) in [6, 6.07) is 5.47. The topological polar surface area (TPSA) is 66.9 Å². The van der Waals surface area contributed by atoms with Crippen LogP contribution in [0.25, 0.3) is 0 Å². The van der Waals surface area contributed by atoms with Gasteiger partial charge in [-0.05, 0) is 43.5 Å². The van der Waals surface area contributed by atoms with Crippen LogP contribution in [0.2, 0.25) is 5.02 Å². The van der Waals surface area contributed by atoms with Crippen LogP contribution < -0.4 is 10.6 Å². The minimum atomic E-state index is -0.0544. The number of rotatable bonds is 7. The third-order valence-corrected chi connectivity index (χ3v) is 5.45. The highest BCUT2D eigenvalue weighted by Gasteiger charge is 2.20. The van der Waals surface area contributed by atoms with E-state index in [2.05, 4.69) is 20.8 Å². The standard InChI is InChI=1S/C14H15ClN4OS2.ClH/c15-11-5-10(18-13(20)7-16-6-9-1-2-9)3-4-12(11)22-14-19-17-8-21-14;/h3-5,8-9,16H,1-2,6-7H2,(H,18,20);1H. The Hall–Kier alpha value is -0.860. The predicted octanol–water partition coefficient (Wildman–Crippen LogP) is 3.70. The van der Waals surface area contributed by atoms with Gasteiger partial charge in [-0.15, -0.1) is 22.6 Å². The molecule has 1 amide bonds. The summed E-state index contributed by atoms with van der Waals surface area (Å²) in [6.07, 6.45) is 2.55. The number of benzene rings is 1. The third kappa shape index (κ3) is 5.93. The summed E-state index contributed by atoms with van der Waals surface area (Å²) in [5.41, 5.74) is 2.38. The highest BCUT2D eigenvalue weighted by molar-refractivity contribution is 8.01. The molecule has 3 rings (SSSR count). The van der Waals surface area contributed by atoms with Gasteiger partial charge in [0.05, 0.1) is 11.6 Å². The van der Waals surface area contributed by atoms with Crippen LogP contribution in [-0.4, -0.2) is 29.2 Å². The molecule has 0 atom stereocenters. The van der Waals surface area contributed by atoms with Gasteiger partial charge in [0.1, 0.15) is 5.51 Å². The van der Waals surface area contributed by atoms with E-state index in [-0.39, 0.29) is 18.3 Å². The number of halogens is 2. The normalized spacial score (nSPS) is 13.4. The average molecular weight is 391 g/mol. The van der Waals surface area contributed by atoms with E-state index < -0.39 is 0 Å². The molecule has 0 aliphatic heterocycles. The SMILES string of the molecule is Cl.O=C(CNCC1CC1)Nc1ccc(Sc2nncs2)c(Cl)c1. The lowest BCUT2D eigenvalue weighted by molar-refractivity contribution is -0.115. The predicted molar refractivity (Wildman–Crippen MR) is 97.0 cm³/mol. The zero-order valence-corrected chi connectivity index (χ0v) is 15.3. The summed E-state index contributed by atoms with van der Waals surface area (Å²) in [4.78, 5) is 12.7. The first kappa shape index (κ1) is 18.5. The van der Waals surface area contributed by atoms with Crippen LogP contribution in [0.15, 0.2) is 32.9 Å². The fourth-order valence-electron chi connectivity index (χ4n) is 1.88. The molecule has 0 saturated heterocycles. The molecule has 124 valence electrons. The van der Waals surface area contributed by atoms with E-state index in [1.54, 1.807) is 11.6 Å². The van der Waals surface area contributed by atoms with Crippen LogP contribution in [-0.2, 0) is 4.79 Å². The molecule has 1 heterocycles. The first-order chi connectivity index (χ1) is 10.7. The number of carbonyl (C=O) groups is 1. The Morgan fingerprint density at radius 2 is 2.26 bits per heavy atom. The van der Waals surface area contributed by atoms with Gasteiger partial charge < -0.3 is 10.6 Å². The number of hydrogen-bond donors (Lipinski definition) is 2. The van der Waals surface area contributed by atoms with Gasteiger partial charge in [0, 0.05) is 10.6 Å². The van der Waals surface area contributed by atoms with E-state index in [9.17, 15) is 4.79 Å².